The molecular weight excluding hydrogens is 528 g/mol. The van der Waals surface area contributed by atoms with Crippen molar-refractivity contribution in [3.8, 4) is 12.3 Å². The largest absolute Gasteiger partial charge is 0.464 e. The van der Waals surface area contributed by atoms with Gasteiger partial charge in [0.05, 0.1) is 42.0 Å². The van der Waals surface area contributed by atoms with Crippen molar-refractivity contribution in [3.05, 3.63) is 63.3 Å². The Morgan fingerprint density at radius 1 is 1.37 bits per heavy atom. The van der Waals surface area contributed by atoms with Crippen LogP contribution in [0.3, 0.4) is 0 Å². The molecule has 0 fully saturated rings. The average Bonchev–Trinajstić information content (AvgIpc) is 3.46. The summed E-state index contributed by atoms with van der Waals surface area (Å²) >= 11 is 7.29. The number of carbonyl (C=O) groups excluding carboxylic acids is 1. The molecule has 2 aromatic heterocycles. The number of methoxy groups -OCH3 is 1. The number of hydrogen-bond acceptors (Lipinski definition) is 11. The first kappa shape index (κ1) is 29.0. The second-order valence-corrected chi connectivity index (χ2v) is 9.16. The number of rotatable bonds is 14. The van der Waals surface area contributed by atoms with Gasteiger partial charge in [-0.05, 0) is 24.1 Å². The first-order chi connectivity index (χ1) is 18.4. The van der Waals surface area contributed by atoms with Gasteiger partial charge in [-0.1, -0.05) is 36.3 Å². The van der Waals surface area contributed by atoms with E-state index in [9.17, 15) is 4.79 Å². The Balaban J connectivity index is 1.86. The normalized spacial score (nSPS) is 14.1. The number of anilines is 2. The second-order valence-electron chi connectivity index (χ2n) is 8.11. The lowest BCUT2D eigenvalue weighted by atomic mass is 9.91. The number of benzene rings is 1. The molecule has 3 rings (SSSR count). The minimum Gasteiger partial charge on any atom is -0.464 e. The highest BCUT2D eigenvalue weighted by molar-refractivity contribution is 7.07. The van der Waals surface area contributed by atoms with E-state index in [1.165, 1.54) is 18.4 Å². The van der Waals surface area contributed by atoms with Gasteiger partial charge >= 0.3 is 5.97 Å². The molecule has 0 amide bonds. The molecule has 0 saturated heterocycles. The van der Waals surface area contributed by atoms with Gasteiger partial charge < -0.3 is 30.7 Å². The second kappa shape index (κ2) is 13.8. The van der Waals surface area contributed by atoms with E-state index in [4.69, 9.17) is 43.4 Å². The molecule has 0 spiro atoms. The number of terminal acetylenes is 1. The number of thiazole rings is 1. The fourth-order valence-corrected chi connectivity index (χ4v) is 4.60. The van der Waals surface area contributed by atoms with Crippen molar-refractivity contribution in [1.82, 2.24) is 15.0 Å². The van der Waals surface area contributed by atoms with Crippen molar-refractivity contribution in [1.29, 1.82) is 5.41 Å². The van der Waals surface area contributed by atoms with Crippen LogP contribution < -0.4 is 11.1 Å². The van der Waals surface area contributed by atoms with Crippen LogP contribution in [-0.2, 0) is 31.0 Å². The minimum atomic E-state index is -1.51. The molecule has 200 valence electrons. The SMILES string of the molecule is C#CC(CNc1nc(Cl)nc(N)c1C=N)C(COC(Cc1ccccc1)(C(=O)OCC)c1cscn1)OC. The lowest BCUT2D eigenvalue weighted by Crippen LogP contribution is -2.45. The number of esters is 1. The summed E-state index contributed by atoms with van der Waals surface area (Å²) in [5.74, 6) is 1.95. The maximum Gasteiger partial charge on any atom is 0.345 e. The highest BCUT2D eigenvalue weighted by atomic mass is 35.5. The number of aromatic nitrogens is 3. The molecule has 0 aliphatic rings. The van der Waals surface area contributed by atoms with Crippen LogP contribution in [0.1, 0.15) is 23.7 Å². The van der Waals surface area contributed by atoms with Gasteiger partial charge in [0.1, 0.15) is 11.6 Å². The summed E-state index contributed by atoms with van der Waals surface area (Å²) in [7, 11) is 1.51. The summed E-state index contributed by atoms with van der Waals surface area (Å²) in [6.07, 6.45) is 6.45. The topological polar surface area (TPSA) is 145 Å². The molecule has 0 aliphatic heterocycles. The Bertz CT molecular complexity index is 1250. The van der Waals surface area contributed by atoms with E-state index < -0.39 is 23.6 Å². The number of nitrogens with one attached hydrogen (secondary N) is 2. The lowest BCUT2D eigenvalue weighted by Gasteiger charge is -2.33. The number of halogens is 1. The Morgan fingerprint density at radius 3 is 2.74 bits per heavy atom. The van der Waals surface area contributed by atoms with Gasteiger partial charge in [-0.15, -0.1) is 17.8 Å². The molecule has 0 saturated carbocycles. The van der Waals surface area contributed by atoms with E-state index >= 15 is 0 Å². The van der Waals surface area contributed by atoms with Gasteiger partial charge in [0.15, 0.2) is 0 Å². The molecule has 0 bridgehead atoms. The monoisotopic (exact) mass is 556 g/mol. The molecule has 38 heavy (non-hydrogen) atoms. The van der Waals surface area contributed by atoms with Crippen molar-refractivity contribution in [3.63, 3.8) is 0 Å². The summed E-state index contributed by atoms with van der Waals surface area (Å²) in [4.78, 5) is 25.8. The Hall–Kier alpha value is -3.56. The maximum absolute atomic E-state index is 13.4. The molecule has 0 aliphatic carbocycles. The number of nitrogens with two attached hydrogens (primary N) is 1. The Kier molecular flexibility index (Phi) is 10.6. The number of carbonyl (C=O) groups is 1. The number of nitrogen functional groups attached to an aromatic ring is 1. The molecule has 3 unspecified atom stereocenters. The number of hydrogen-bond donors (Lipinski definition) is 3. The summed E-state index contributed by atoms with van der Waals surface area (Å²) in [6.45, 7) is 2.06. The summed E-state index contributed by atoms with van der Waals surface area (Å²) in [6, 6.07) is 9.49. The van der Waals surface area contributed by atoms with Crippen molar-refractivity contribution < 1.29 is 19.0 Å². The number of nitrogens with zero attached hydrogens (tertiary/aromatic N) is 3. The van der Waals surface area contributed by atoms with Gasteiger partial charge in [-0.25, -0.2) is 14.8 Å². The van der Waals surface area contributed by atoms with E-state index in [2.05, 4.69) is 26.2 Å². The predicted molar refractivity (Wildman–Crippen MR) is 147 cm³/mol. The van der Waals surface area contributed by atoms with Crippen LogP contribution in [-0.4, -0.2) is 60.1 Å². The Labute approximate surface area is 230 Å². The molecule has 1 aromatic carbocycles. The van der Waals surface area contributed by atoms with Crippen LogP contribution in [0.2, 0.25) is 5.28 Å². The molecule has 10 nitrogen and oxygen atoms in total. The third-order valence-electron chi connectivity index (χ3n) is 5.79. The van der Waals surface area contributed by atoms with Crippen LogP contribution in [0.25, 0.3) is 0 Å². The zero-order valence-corrected chi connectivity index (χ0v) is 22.6. The van der Waals surface area contributed by atoms with Crippen LogP contribution in [0.5, 0.6) is 0 Å². The zero-order valence-electron chi connectivity index (χ0n) is 21.0. The van der Waals surface area contributed by atoms with E-state index in [1.54, 1.807) is 17.8 Å². The van der Waals surface area contributed by atoms with Gasteiger partial charge in [-0.2, -0.15) is 4.98 Å². The van der Waals surface area contributed by atoms with Crippen LogP contribution in [0, 0.1) is 23.7 Å². The standard InChI is InChI=1S/C26H29ClN6O4S/c1-4-18(13-30-23-19(12-28)22(29)32-25(27)33-23)20(35-3)14-37-26(24(34)36-5-2,21-15-38-16-31-21)11-17-9-7-6-8-10-17/h1,6-10,12,15-16,18,20,28H,5,11,13-14H2,2-3H3,(H3,29,30,32,33). The van der Waals surface area contributed by atoms with Crippen LogP contribution >= 0.6 is 22.9 Å². The molecule has 3 aromatic rings. The highest BCUT2D eigenvalue weighted by Gasteiger charge is 2.46. The van der Waals surface area contributed by atoms with Gasteiger partial charge in [0, 0.05) is 31.7 Å². The first-order valence-corrected chi connectivity index (χ1v) is 13.0. The minimum absolute atomic E-state index is 0.0414. The molecule has 4 N–H and O–H groups in total. The molecule has 2 heterocycles. The van der Waals surface area contributed by atoms with E-state index in [1.807, 2.05) is 30.3 Å². The van der Waals surface area contributed by atoms with Crippen molar-refractivity contribution >= 4 is 46.8 Å². The fraction of sp³-hybridized carbons (Fsp3) is 0.346. The lowest BCUT2D eigenvalue weighted by molar-refractivity contribution is -0.180. The van der Waals surface area contributed by atoms with Gasteiger partial charge in [-0.3, -0.25) is 0 Å². The predicted octanol–water partition coefficient (Wildman–Crippen LogP) is 3.56. The average molecular weight is 557 g/mol. The summed E-state index contributed by atoms with van der Waals surface area (Å²) < 4.78 is 17.5. The van der Waals surface area contributed by atoms with Gasteiger partial charge in [0.25, 0.3) is 0 Å². The molecular formula is C26H29ClN6O4S. The van der Waals surface area contributed by atoms with Crippen LogP contribution in [0.15, 0.2) is 41.2 Å². The fourth-order valence-electron chi connectivity index (χ4n) is 3.81. The van der Waals surface area contributed by atoms with Crippen molar-refractivity contribution in [2.75, 3.05) is 37.9 Å². The van der Waals surface area contributed by atoms with E-state index in [0.29, 0.717) is 5.69 Å². The molecule has 12 heteroatoms. The smallest absolute Gasteiger partial charge is 0.345 e. The third-order valence-corrected chi connectivity index (χ3v) is 6.54. The third kappa shape index (κ3) is 6.85. The summed E-state index contributed by atoms with van der Waals surface area (Å²) in [5.41, 5.74) is 7.57. The quantitative estimate of drug-likeness (QED) is 0.117. The Morgan fingerprint density at radius 2 is 2.13 bits per heavy atom. The number of ether oxygens (including phenoxy) is 3. The maximum atomic E-state index is 13.4. The van der Waals surface area contributed by atoms with Crippen LogP contribution in [0.4, 0.5) is 11.6 Å². The first-order valence-electron chi connectivity index (χ1n) is 11.7. The molecule has 0 radical (unpaired) electrons. The van der Waals surface area contributed by atoms with E-state index in [-0.39, 0.29) is 48.7 Å². The van der Waals surface area contributed by atoms with Crippen molar-refractivity contribution in [2.45, 2.75) is 25.0 Å². The zero-order chi connectivity index (χ0) is 27.5. The van der Waals surface area contributed by atoms with E-state index in [0.717, 1.165) is 11.8 Å². The highest BCUT2D eigenvalue weighted by Crippen LogP contribution is 2.33. The van der Waals surface area contributed by atoms with Crippen molar-refractivity contribution in [2.24, 2.45) is 5.92 Å². The van der Waals surface area contributed by atoms with Gasteiger partial charge in [0.2, 0.25) is 10.9 Å². The molecule has 3 atom stereocenters. The summed E-state index contributed by atoms with van der Waals surface area (Å²) in [5, 5.41) is 12.4.